The highest BCUT2D eigenvalue weighted by atomic mass is 32.2. The molecule has 1 aromatic carbocycles. The summed E-state index contributed by atoms with van der Waals surface area (Å²) < 4.78 is 37.8. The number of amides is 1. The highest BCUT2D eigenvalue weighted by Gasteiger charge is 2.31. The first-order valence-corrected chi connectivity index (χ1v) is 9.00. The molecule has 0 saturated carbocycles. The Morgan fingerprint density at radius 2 is 2.04 bits per heavy atom. The number of rotatable bonds is 3. The smallest absolute Gasteiger partial charge is 0.256 e. The molecule has 1 aliphatic rings. The molecule has 6 nitrogen and oxygen atoms in total. The van der Waals surface area contributed by atoms with Crippen LogP contribution in [0.4, 0.5) is 10.2 Å². The van der Waals surface area contributed by atoms with Gasteiger partial charge in [-0.1, -0.05) is 0 Å². The van der Waals surface area contributed by atoms with Crippen LogP contribution in [0.1, 0.15) is 28.5 Å². The van der Waals surface area contributed by atoms with E-state index >= 15 is 0 Å². The van der Waals surface area contributed by atoms with E-state index in [1.807, 2.05) is 0 Å². The van der Waals surface area contributed by atoms with Crippen LogP contribution in [0.15, 0.2) is 30.3 Å². The second-order valence-corrected chi connectivity index (χ2v) is 7.86. The molecule has 1 atom stereocenters. The quantitative estimate of drug-likeness (QED) is 0.928. The largest absolute Gasteiger partial charge is 0.307 e. The molecule has 1 saturated heterocycles. The highest BCUT2D eigenvalue weighted by molar-refractivity contribution is 7.91. The molecule has 2 heterocycles. The average Bonchev–Trinajstić information content (AvgIpc) is 3.02. The zero-order valence-corrected chi connectivity index (χ0v) is 13.3. The molecule has 1 aromatic heterocycles. The molecule has 1 unspecified atom stereocenters. The summed E-state index contributed by atoms with van der Waals surface area (Å²) >= 11 is 0. The van der Waals surface area contributed by atoms with Crippen LogP contribution in [0.3, 0.4) is 0 Å². The Morgan fingerprint density at radius 1 is 1.35 bits per heavy atom. The van der Waals surface area contributed by atoms with Gasteiger partial charge in [-0.2, -0.15) is 5.10 Å². The lowest BCUT2D eigenvalue weighted by molar-refractivity contribution is 0.102. The van der Waals surface area contributed by atoms with Gasteiger partial charge < -0.3 is 5.32 Å². The molecule has 0 spiro atoms. The molecule has 2 aromatic rings. The lowest BCUT2D eigenvalue weighted by Gasteiger charge is -2.13. The molecule has 1 aliphatic heterocycles. The first-order valence-electron chi connectivity index (χ1n) is 7.17. The molecule has 23 heavy (non-hydrogen) atoms. The number of aromatic nitrogens is 2. The molecule has 8 heteroatoms. The van der Waals surface area contributed by atoms with Gasteiger partial charge in [0.15, 0.2) is 9.84 Å². The minimum Gasteiger partial charge on any atom is -0.307 e. The lowest BCUT2D eigenvalue weighted by Crippen LogP contribution is -2.19. The van der Waals surface area contributed by atoms with E-state index in [0.29, 0.717) is 23.5 Å². The van der Waals surface area contributed by atoms with Crippen molar-refractivity contribution in [3.05, 3.63) is 47.4 Å². The number of carbonyl (C=O) groups is 1. The number of aryl methyl sites for hydroxylation is 1. The van der Waals surface area contributed by atoms with Gasteiger partial charge in [0, 0.05) is 11.6 Å². The predicted molar refractivity (Wildman–Crippen MR) is 83.6 cm³/mol. The van der Waals surface area contributed by atoms with Gasteiger partial charge in [-0.15, -0.1) is 0 Å². The molecule has 1 amide bonds. The fraction of sp³-hybridized carbons (Fsp3) is 0.333. The molecular formula is C15H16FN3O3S. The Bertz CT molecular complexity index is 843. The topological polar surface area (TPSA) is 81.1 Å². The number of hydrogen-bond acceptors (Lipinski definition) is 4. The minimum absolute atomic E-state index is 0.0214. The monoisotopic (exact) mass is 337 g/mol. The Morgan fingerprint density at radius 3 is 2.65 bits per heavy atom. The fourth-order valence-electron chi connectivity index (χ4n) is 2.65. The van der Waals surface area contributed by atoms with E-state index in [9.17, 15) is 17.6 Å². The molecule has 1 N–H and O–H groups in total. The predicted octanol–water partition coefficient (Wildman–Crippen LogP) is 1.94. The van der Waals surface area contributed by atoms with Crippen molar-refractivity contribution >= 4 is 21.6 Å². The number of anilines is 1. The Labute approximate surface area is 133 Å². The summed E-state index contributed by atoms with van der Waals surface area (Å²) in [5.41, 5.74) is 1.000. The van der Waals surface area contributed by atoms with Gasteiger partial charge in [0.2, 0.25) is 0 Å². The Hall–Kier alpha value is -2.22. The van der Waals surface area contributed by atoms with Gasteiger partial charge in [0.1, 0.15) is 11.6 Å². The molecule has 0 bridgehead atoms. The van der Waals surface area contributed by atoms with E-state index in [4.69, 9.17) is 0 Å². The number of nitrogens with zero attached hydrogens (tertiary/aromatic N) is 2. The average molecular weight is 337 g/mol. The first kappa shape index (κ1) is 15.7. The lowest BCUT2D eigenvalue weighted by atomic mass is 10.2. The SMILES string of the molecule is Cc1cc(NC(=O)c2ccc(F)cc2)n(C2CCS(=O)(=O)C2)n1. The molecular weight excluding hydrogens is 321 g/mol. The maximum atomic E-state index is 12.9. The number of benzene rings is 1. The molecule has 0 radical (unpaired) electrons. The number of hydrogen-bond donors (Lipinski definition) is 1. The van der Waals surface area contributed by atoms with Crippen LogP contribution >= 0.6 is 0 Å². The summed E-state index contributed by atoms with van der Waals surface area (Å²) in [7, 11) is -3.05. The summed E-state index contributed by atoms with van der Waals surface area (Å²) in [6.07, 6.45) is 0.475. The van der Waals surface area contributed by atoms with Crippen molar-refractivity contribution in [2.45, 2.75) is 19.4 Å². The van der Waals surface area contributed by atoms with Gasteiger partial charge >= 0.3 is 0 Å². The van der Waals surface area contributed by atoms with E-state index in [-0.39, 0.29) is 17.5 Å². The van der Waals surface area contributed by atoms with Gasteiger partial charge in [-0.3, -0.25) is 4.79 Å². The third-order valence-electron chi connectivity index (χ3n) is 3.76. The highest BCUT2D eigenvalue weighted by Crippen LogP contribution is 2.27. The third kappa shape index (κ3) is 3.42. The van der Waals surface area contributed by atoms with Gasteiger partial charge in [-0.05, 0) is 37.6 Å². The zero-order valence-electron chi connectivity index (χ0n) is 12.5. The van der Waals surface area contributed by atoms with Gasteiger partial charge in [0.05, 0.1) is 23.2 Å². The molecule has 122 valence electrons. The van der Waals surface area contributed by atoms with E-state index in [1.54, 1.807) is 17.7 Å². The fourth-order valence-corrected chi connectivity index (χ4v) is 4.34. The number of sulfone groups is 1. The van der Waals surface area contributed by atoms with Crippen LogP contribution in [0, 0.1) is 12.7 Å². The van der Waals surface area contributed by atoms with Crippen LogP contribution < -0.4 is 5.32 Å². The molecule has 0 aliphatic carbocycles. The second kappa shape index (κ2) is 5.77. The minimum atomic E-state index is -3.05. The van der Waals surface area contributed by atoms with Gasteiger partial charge in [-0.25, -0.2) is 17.5 Å². The maximum absolute atomic E-state index is 12.9. The Balaban J connectivity index is 1.83. The van der Waals surface area contributed by atoms with E-state index in [2.05, 4.69) is 10.4 Å². The summed E-state index contributed by atoms with van der Waals surface area (Å²) in [5.74, 6) is -0.223. The number of carbonyl (C=O) groups excluding carboxylic acids is 1. The first-order chi connectivity index (χ1) is 10.8. The summed E-state index contributed by atoms with van der Waals surface area (Å²) in [6, 6.07) is 6.60. The van der Waals surface area contributed by atoms with Gasteiger partial charge in [0.25, 0.3) is 5.91 Å². The zero-order chi connectivity index (χ0) is 16.6. The summed E-state index contributed by atoms with van der Waals surface area (Å²) in [6.45, 7) is 1.77. The van der Waals surface area contributed by atoms with Crippen molar-refractivity contribution in [1.82, 2.24) is 9.78 Å². The molecule has 1 fully saturated rings. The maximum Gasteiger partial charge on any atom is 0.256 e. The third-order valence-corrected chi connectivity index (χ3v) is 5.51. The van der Waals surface area contributed by atoms with Crippen molar-refractivity contribution < 1.29 is 17.6 Å². The van der Waals surface area contributed by atoms with Crippen molar-refractivity contribution in [1.29, 1.82) is 0 Å². The van der Waals surface area contributed by atoms with E-state index < -0.39 is 21.6 Å². The number of nitrogens with one attached hydrogen (secondary N) is 1. The normalized spacial score (nSPS) is 19.7. The van der Waals surface area contributed by atoms with Crippen LogP contribution in [-0.4, -0.2) is 35.6 Å². The summed E-state index contributed by atoms with van der Waals surface area (Å²) in [5, 5.41) is 7.01. The molecule has 3 rings (SSSR count). The summed E-state index contributed by atoms with van der Waals surface area (Å²) in [4.78, 5) is 12.2. The van der Waals surface area contributed by atoms with Crippen LogP contribution in [0.2, 0.25) is 0 Å². The van der Waals surface area contributed by atoms with E-state index in [1.165, 1.54) is 24.3 Å². The van der Waals surface area contributed by atoms with Crippen LogP contribution in [-0.2, 0) is 9.84 Å². The van der Waals surface area contributed by atoms with Crippen LogP contribution in [0.25, 0.3) is 0 Å². The Kier molecular flexibility index (Phi) is 3.93. The number of halogens is 1. The van der Waals surface area contributed by atoms with Crippen molar-refractivity contribution in [2.75, 3.05) is 16.8 Å². The van der Waals surface area contributed by atoms with Crippen LogP contribution in [0.5, 0.6) is 0 Å². The second-order valence-electron chi connectivity index (χ2n) is 5.63. The van der Waals surface area contributed by atoms with Crippen molar-refractivity contribution in [3.63, 3.8) is 0 Å². The standard InChI is InChI=1S/C15H16FN3O3S/c1-10-8-14(17-15(20)11-2-4-12(16)5-3-11)19(18-10)13-6-7-23(21,22)9-13/h2-5,8,13H,6-7,9H2,1H3,(H,17,20). The van der Waals surface area contributed by atoms with Crippen molar-refractivity contribution in [2.24, 2.45) is 0 Å². The van der Waals surface area contributed by atoms with E-state index in [0.717, 1.165) is 0 Å². The van der Waals surface area contributed by atoms with Crippen molar-refractivity contribution in [3.8, 4) is 0 Å².